The van der Waals surface area contributed by atoms with Crippen LogP contribution in [0.25, 0.3) is 0 Å². The van der Waals surface area contributed by atoms with Gasteiger partial charge in [0.1, 0.15) is 19.3 Å². The Morgan fingerprint density at radius 3 is 2.93 bits per heavy atom. The van der Waals surface area contributed by atoms with E-state index in [1.165, 1.54) is 0 Å². The Kier molecular flexibility index (Phi) is 4.75. The summed E-state index contributed by atoms with van der Waals surface area (Å²) in [4.78, 5) is 21.3. The van der Waals surface area contributed by atoms with Crippen LogP contribution in [0.5, 0.6) is 0 Å². The molecule has 1 heterocycles. The number of esters is 2. The molecule has 0 N–H and O–H groups in total. The Hall–Kier alpha value is -0.750. The monoisotopic (exact) mass is 220 g/mol. The first-order valence-electron chi connectivity index (χ1n) is 4.26. The van der Waals surface area contributed by atoms with Crippen molar-refractivity contribution in [2.24, 2.45) is 0 Å². The zero-order chi connectivity index (χ0) is 10.4. The first-order valence-corrected chi connectivity index (χ1v) is 4.89. The quantitative estimate of drug-likeness (QED) is 0.394. The Balaban J connectivity index is 1.99. The predicted octanol–water partition coefficient (Wildman–Crippen LogP) is -0.209. The van der Waals surface area contributed by atoms with E-state index in [9.17, 15) is 9.59 Å². The van der Waals surface area contributed by atoms with Crippen LogP contribution in [-0.4, -0.2) is 43.6 Å². The summed E-state index contributed by atoms with van der Waals surface area (Å²) in [7, 11) is 0. The molecule has 14 heavy (non-hydrogen) atoms. The SMILES string of the molecule is O=C(CS)OCCOC1COC(=O)C1. The molecule has 1 aliphatic heterocycles. The normalized spacial score (nSPS) is 20.6. The number of thiol groups is 1. The third-order valence-electron chi connectivity index (χ3n) is 1.65. The van der Waals surface area contributed by atoms with Crippen LogP contribution in [0, 0.1) is 0 Å². The summed E-state index contributed by atoms with van der Waals surface area (Å²) in [5, 5.41) is 0. The van der Waals surface area contributed by atoms with E-state index in [1.807, 2.05) is 0 Å². The average Bonchev–Trinajstić information content (AvgIpc) is 2.58. The molecule has 0 aliphatic carbocycles. The molecule has 0 aromatic rings. The minimum absolute atomic E-state index is 0.0605. The second-order valence-corrected chi connectivity index (χ2v) is 3.07. The van der Waals surface area contributed by atoms with E-state index in [0.29, 0.717) is 6.61 Å². The van der Waals surface area contributed by atoms with Gasteiger partial charge < -0.3 is 14.2 Å². The number of cyclic esters (lactones) is 1. The van der Waals surface area contributed by atoms with Crippen molar-refractivity contribution >= 4 is 24.6 Å². The van der Waals surface area contributed by atoms with Gasteiger partial charge in [-0.15, -0.1) is 0 Å². The third kappa shape index (κ3) is 3.97. The van der Waals surface area contributed by atoms with Gasteiger partial charge in [-0.05, 0) is 0 Å². The van der Waals surface area contributed by atoms with E-state index < -0.39 is 0 Å². The van der Waals surface area contributed by atoms with E-state index in [4.69, 9.17) is 9.47 Å². The molecule has 0 saturated carbocycles. The number of carbonyl (C=O) groups excluding carboxylic acids is 2. The van der Waals surface area contributed by atoms with Crippen LogP contribution in [0.2, 0.25) is 0 Å². The molecule has 1 aliphatic rings. The number of hydrogen-bond donors (Lipinski definition) is 1. The third-order valence-corrected chi connectivity index (χ3v) is 1.91. The summed E-state index contributed by atoms with van der Waals surface area (Å²) in [6.45, 7) is 0.754. The van der Waals surface area contributed by atoms with Crippen LogP contribution in [0.1, 0.15) is 6.42 Å². The molecular formula is C8H12O5S. The van der Waals surface area contributed by atoms with Crippen LogP contribution < -0.4 is 0 Å². The van der Waals surface area contributed by atoms with Gasteiger partial charge in [-0.25, -0.2) is 0 Å². The lowest BCUT2D eigenvalue weighted by Gasteiger charge is -2.08. The first kappa shape index (κ1) is 11.3. The van der Waals surface area contributed by atoms with E-state index in [-0.39, 0.29) is 43.4 Å². The van der Waals surface area contributed by atoms with Crippen LogP contribution in [0.3, 0.4) is 0 Å². The number of ether oxygens (including phenoxy) is 3. The maximum Gasteiger partial charge on any atom is 0.315 e. The molecule has 1 fully saturated rings. The van der Waals surface area contributed by atoms with Gasteiger partial charge in [0.25, 0.3) is 0 Å². The minimum atomic E-state index is -0.379. The lowest BCUT2D eigenvalue weighted by Crippen LogP contribution is -2.18. The molecule has 1 saturated heterocycles. The standard InChI is InChI=1S/C8H12O5S/c9-7-3-6(4-13-7)11-1-2-12-8(10)5-14/h6,14H,1-5H2. The van der Waals surface area contributed by atoms with Gasteiger partial charge in [-0.3, -0.25) is 9.59 Å². The minimum Gasteiger partial charge on any atom is -0.463 e. The van der Waals surface area contributed by atoms with E-state index in [1.54, 1.807) is 0 Å². The van der Waals surface area contributed by atoms with Gasteiger partial charge in [0.05, 0.1) is 18.8 Å². The fourth-order valence-corrected chi connectivity index (χ4v) is 1.10. The molecule has 0 spiro atoms. The fraction of sp³-hybridized carbons (Fsp3) is 0.750. The van der Waals surface area contributed by atoms with Gasteiger partial charge in [-0.2, -0.15) is 12.6 Å². The predicted molar refractivity (Wildman–Crippen MR) is 50.1 cm³/mol. The van der Waals surface area contributed by atoms with Crippen molar-refractivity contribution in [3.8, 4) is 0 Å². The highest BCUT2D eigenvalue weighted by atomic mass is 32.1. The highest BCUT2D eigenvalue weighted by Gasteiger charge is 2.23. The smallest absolute Gasteiger partial charge is 0.315 e. The molecule has 1 atom stereocenters. The Morgan fingerprint density at radius 1 is 1.57 bits per heavy atom. The summed E-state index contributed by atoms with van der Waals surface area (Å²) in [5.41, 5.74) is 0. The summed E-state index contributed by atoms with van der Waals surface area (Å²) < 4.78 is 14.6. The van der Waals surface area contributed by atoms with Crippen molar-refractivity contribution in [2.45, 2.75) is 12.5 Å². The Bertz CT molecular complexity index is 218. The van der Waals surface area contributed by atoms with Crippen molar-refractivity contribution < 1.29 is 23.8 Å². The fourth-order valence-electron chi connectivity index (χ4n) is 1.01. The van der Waals surface area contributed by atoms with Gasteiger partial charge in [0, 0.05) is 0 Å². The molecule has 5 nitrogen and oxygen atoms in total. The molecule has 0 aromatic carbocycles. The number of hydrogen-bond acceptors (Lipinski definition) is 6. The second kappa shape index (κ2) is 5.87. The first-order chi connectivity index (χ1) is 6.72. The highest BCUT2D eigenvalue weighted by molar-refractivity contribution is 7.81. The van der Waals surface area contributed by atoms with Crippen molar-refractivity contribution in [2.75, 3.05) is 25.6 Å². The Morgan fingerprint density at radius 2 is 2.36 bits per heavy atom. The Labute approximate surface area is 87.1 Å². The topological polar surface area (TPSA) is 61.8 Å². The van der Waals surface area contributed by atoms with Crippen LogP contribution in [0.15, 0.2) is 0 Å². The molecule has 0 aromatic heterocycles. The molecular weight excluding hydrogens is 208 g/mol. The molecule has 0 amide bonds. The zero-order valence-electron chi connectivity index (χ0n) is 7.60. The molecule has 1 unspecified atom stereocenters. The maximum atomic E-state index is 10.6. The van der Waals surface area contributed by atoms with Crippen LogP contribution in [-0.2, 0) is 23.8 Å². The van der Waals surface area contributed by atoms with Gasteiger partial charge in [0.15, 0.2) is 0 Å². The van der Waals surface area contributed by atoms with Crippen molar-refractivity contribution in [3.05, 3.63) is 0 Å². The number of carbonyl (C=O) groups is 2. The molecule has 6 heteroatoms. The molecule has 0 radical (unpaired) electrons. The van der Waals surface area contributed by atoms with E-state index in [2.05, 4.69) is 17.4 Å². The van der Waals surface area contributed by atoms with Crippen LogP contribution >= 0.6 is 12.6 Å². The summed E-state index contributed by atoms with van der Waals surface area (Å²) in [6.07, 6.45) is 0.0813. The summed E-state index contributed by atoms with van der Waals surface area (Å²) >= 11 is 3.74. The second-order valence-electron chi connectivity index (χ2n) is 2.76. The molecule has 80 valence electrons. The maximum absolute atomic E-state index is 10.6. The van der Waals surface area contributed by atoms with Crippen molar-refractivity contribution in [1.82, 2.24) is 0 Å². The van der Waals surface area contributed by atoms with Crippen molar-refractivity contribution in [3.63, 3.8) is 0 Å². The van der Waals surface area contributed by atoms with Crippen molar-refractivity contribution in [1.29, 1.82) is 0 Å². The lowest BCUT2D eigenvalue weighted by atomic mass is 10.3. The van der Waals surface area contributed by atoms with E-state index in [0.717, 1.165) is 0 Å². The lowest BCUT2D eigenvalue weighted by molar-refractivity contribution is -0.142. The van der Waals surface area contributed by atoms with Gasteiger partial charge in [-0.1, -0.05) is 0 Å². The van der Waals surface area contributed by atoms with Crippen LogP contribution in [0.4, 0.5) is 0 Å². The number of rotatable bonds is 5. The average molecular weight is 220 g/mol. The molecule has 0 bridgehead atoms. The van der Waals surface area contributed by atoms with Gasteiger partial charge >= 0.3 is 11.9 Å². The highest BCUT2D eigenvalue weighted by Crippen LogP contribution is 2.09. The van der Waals surface area contributed by atoms with E-state index >= 15 is 0 Å². The summed E-state index contributed by atoms with van der Waals surface area (Å²) in [5.74, 6) is -0.566. The van der Waals surface area contributed by atoms with Gasteiger partial charge in [0.2, 0.25) is 0 Å². The molecule has 1 rings (SSSR count). The summed E-state index contributed by atoms with van der Waals surface area (Å²) in [6, 6.07) is 0. The largest absolute Gasteiger partial charge is 0.463 e. The zero-order valence-corrected chi connectivity index (χ0v) is 8.50.